The van der Waals surface area contributed by atoms with Gasteiger partial charge < -0.3 is 11.0 Å². The van der Waals surface area contributed by atoms with Gasteiger partial charge in [0.1, 0.15) is 0 Å². The fourth-order valence-electron chi connectivity index (χ4n) is 0. The van der Waals surface area contributed by atoms with Crippen LogP contribution in [0.5, 0.6) is 0 Å². The molecule has 0 aliphatic carbocycles. The lowest BCUT2D eigenvalue weighted by atomic mass is 13.9. The lowest BCUT2D eigenvalue weighted by Crippen LogP contribution is -2.08. The Morgan fingerprint density at radius 1 is 1.29 bits per heavy atom. The first kappa shape index (κ1) is 15.8. The summed E-state index contributed by atoms with van der Waals surface area (Å²) in [4.78, 5) is 0. The highest BCUT2D eigenvalue weighted by atomic mass is 32.2. The zero-order valence-electron chi connectivity index (χ0n) is 3.25. The Morgan fingerprint density at radius 3 is 1.29 bits per heavy atom. The second kappa shape index (κ2) is 3.96. The van der Waals surface area contributed by atoms with E-state index in [9.17, 15) is 0 Å². The largest absolute Gasteiger partial charge is 0.412 e. The van der Waals surface area contributed by atoms with E-state index in [2.05, 4.69) is 5.14 Å². The smallest absolute Gasteiger partial charge is 0.330 e. The molecule has 0 radical (unpaired) electrons. The van der Waals surface area contributed by atoms with E-state index in [1.807, 2.05) is 0 Å². The topological polar surface area (TPSA) is 143 Å². The van der Waals surface area contributed by atoms with Crippen LogP contribution >= 0.6 is 0 Å². The molecule has 0 aliphatic rings. The zero-order chi connectivity index (χ0) is 4.50. The summed E-state index contributed by atoms with van der Waals surface area (Å²) in [7, 11) is -4.17. The molecular weight excluding hydrogens is 126 g/mol. The minimum atomic E-state index is -4.17. The lowest BCUT2D eigenvalue weighted by Gasteiger charge is -1.70. The van der Waals surface area contributed by atoms with Crippen LogP contribution in [0.1, 0.15) is 0 Å². The molecule has 48 valence electrons. The summed E-state index contributed by atoms with van der Waals surface area (Å²) in [6.45, 7) is 0. The fourth-order valence-corrected chi connectivity index (χ4v) is 0. The van der Waals surface area contributed by atoms with Gasteiger partial charge in [0.15, 0.2) is 0 Å². The van der Waals surface area contributed by atoms with Crippen molar-refractivity contribution in [1.29, 1.82) is 0 Å². The van der Waals surface area contributed by atoms with Crippen LogP contribution in [0.3, 0.4) is 0 Å². The highest BCUT2D eigenvalue weighted by molar-refractivity contribution is 7.83. The fraction of sp³-hybridized carbons (Fsp3) is 0. The Bertz CT molecular complexity index is 91.2. The molecule has 0 atom stereocenters. The summed E-state index contributed by atoms with van der Waals surface area (Å²) < 4.78 is 25.2. The molecule has 0 fully saturated rings. The van der Waals surface area contributed by atoms with Crippen molar-refractivity contribution in [2.45, 2.75) is 0 Å². The van der Waals surface area contributed by atoms with E-state index in [1.54, 1.807) is 0 Å². The zero-order valence-corrected chi connectivity index (χ0v) is 4.07. The maximum Gasteiger partial charge on any atom is 0.330 e. The molecule has 0 spiro atoms. The minimum absolute atomic E-state index is 0. The van der Waals surface area contributed by atoms with Crippen molar-refractivity contribution in [2.75, 3.05) is 0 Å². The van der Waals surface area contributed by atoms with Gasteiger partial charge in [0.25, 0.3) is 0 Å². The normalized spacial score (nSPS) is 8.29. The van der Waals surface area contributed by atoms with E-state index in [-0.39, 0.29) is 11.0 Å². The van der Waals surface area contributed by atoms with Crippen LogP contribution in [0.15, 0.2) is 0 Å². The molecule has 0 aliphatic heterocycles. The third-order valence-electron chi connectivity index (χ3n) is 0. The molecule has 0 aromatic carbocycles. The Morgan fingerprint density at radius 2 is 1.29 bits per heavy atom. The number of rotatable bonds is 0. The van der Waals surface area contributed by atoms with Gasteiger partial charge in [-0.3, -0.25) is 4.55 Å². The van der Waals surface area contributed by atoms with E-state index in [4.69, 9.17) is 13.0 Å². The van der Waals surface area contributed by atoms with E-state index in [1.165, 1.54) is 0 Å². The molecule has 7 heteroatoms. The molecule has 0 unspecified atom stereocenters. The number of hydrogen-bond acceptors (Lipinski definition) is 2. The van der Waals surface area contributed by atoms with Crippen molar-refractivity contribution >= 4 is 10.3 Å². The predicted molar refractivity (Wildman–Crippen MR) is 23.0 cm³/mol. The highest BCUT2D eigenvalue weighted by Crippen LogP contribution is 1.50. The summed E-state index contributed by atoms with van der Waals surface area (Å²) in [5.74, 6) is 0. The Hall–Kier alpha value is -0.210. The molecular formula is H7NO5S. The van der Waals surface area contributed by atoms with E-state index in [0.29, 0.717) is 0 Å². The quantitative estimate of drug-likeness (QED) is 0.342. The monoisotopic (exact) mass is 133 g/mol. The highest BCUT2D eigenvalue weighted by Gasteiger charge is 1.81. The third kappa shape index (κ3) is 1890. The van der Waals surface area contributed by atoms with Gasteiger partial charge in [-0.1, -0.05) is 0 Å². The van der Waals surface area contributed by atoms with Crippen LogP contribution in [0, 0.1) is 0 Å². The Balaban J connectivity index is -0.0000000800. The minimum Gasteiger partial charge on any atom is -0.412 e. The third-order valence-corrected chi connectivity index (χ3v) is 0. The molecule has 0 saturated carbocycles. The van der Waals surface area contributed by atoms with E-state index in [0.717, 1.165) is 0 Å². The molecule has 7 N–H and O–H groups in total. The second-order valence-electron chi connectivity index (χ2n) is 0.515. The van der Waals surface area contributed by atoms with Crippen LogP contribution < -0.4 is 5.14 Å². The molecule has 0 bridgehead atoms. The molecule has 7 heavy (non-hydrogen) atoms. The van der Waals surface area contributed by atoms with Crippen molar-refractivity contribution in [3.63, 3.8) is 0 Å². The lowest BCUT2D eigenvalue weighted by molar-refractivity contribution is 0.485. The van der Waals surface area contributed by atoms with Crippen molar-refractivity contribution in [3.05, 3.63) is 0 Å². The van der Waals surface area contributed by atoms with Crippen molar-refractivity contribution in [1.82, 2.24) is 0 Å². The van der Waals surface area contributed by atoms with Gasteiger partial charge in [-0.2, -0.15) is 8.42 Å². The molecule has 0 aromatic rings. The maximum absolute atomic E-state index is 8.97. The van der Waals surface area contributed by atoms with Gasteiger partial charge in [0.2, 0.25) is 0 Å². The Kier molecular flexibility index (Phi) is 8.97. The van der Waals surface area contributed by atoms with Gasteiger partial charge in [-0.05, 0) is 0 Å². The SMILES string of the molecule is NS(=O)(=O)O.O.O. The van der Waals surface area contributed by atoms with Crippen molar-refractivity contribution in [2.24, 2.45) is 5.14 Å². The first-order valence-electron chi connectivity index (χ1n) is 0.752. The summed E-state index contributed by atoms with van der Waals surface area (Å²) in [6, 6.07) is 0. The Labute approximate surface area is 40.4 Å². The standard InChI is InChI=1S/H3NO3S.2H2O/c1-5(2,3)4;;/h(H3,1,2,3,4);2*1H2. The molecule has 0 aromatic heterocycles. The number of nitrogens with two attached hydrogens (primary N) is 1. The van der Waals surface area contributed by atoms with Gasteiger partial charge in [-0.15, -0.1) is 0 Å². The first-order valence-corrected chi connectivity index (χ1v) is 2.25. The van der Waals surface area contributed by atoms with Gasteiger partial charge >= 0.3 is 10.3 Å². The second-order valence-corrected chi connectivity index (χ2v) is 1.54. The predicted octanol–water partition coefficient (Wildman–Crippen LogP) is -2.90. The molecule has 6 nitrogen and oxygen atoms in total. The van der Waals surface area contributed by atoms with Gasteiger partial charge in [-0.25, -0.2) is 5.14 Å². The van der Waals surface area contributed by atoms with E-state index >= 15 is 0 Å². The summed E-state index contributed by atoms with van der Waals surface area (Å²) in [5.41, 5.74) is 0. The van der Waals surface area contributed by atoms with Gasteiger partial charge in [0.05, 0.1) is 0 Å². The average Bonchev–Trinajstić information content (AvgIpc) is 0.722. The molecule has 0 heterocycles. The van der Waals surface area contributed by atoms with Crippen LogP contribution in [0.25, 0.3) is 0 Å². The molecule has 0 amide bonds. The number of hydrogen-bond donors (Lipinski definition) is 2. The van der Waals surface area contributed by atoms with Crippen LogP contribution in [0.2, 0.25) is 0 Å². The first-order chi connectivity index (χ1) is 2.00. The van der Waals surface area contributed by atoms with Crippen molar-refractivity contribution in [3.8, 4) is 0 Å². The molecule has 0 saturated heterocycles. The van der Waals surface area contributed by atoms with Gasteiger partial charge in [0, 0.05) is 0 Å². The molecule has 0 rings (SSSR count). The van der Waals surface area contributed by atoms with Crippen LogP contribution in [0.4, 0.5) is 0 Å². The summed E-state index contributed by atoms with van der Waals surface area (Å²) in [5, 5.41) is 3.88. The maximum atomic E-state index is 8.97. The average molecular weight is 133 g/mol. The van der Waals surface area contributed by atoms with Crippen LogP contribution in [-0.2, 0) is 10.3 Å². The van der Waals surface area contributed by atoms with E-state index < -0.39 is 10.3 Å². The van der Waals surface area contributed by atoms with Crippen LogP contribution in [-0.4, -0.2) is 23.9 Å². The van der Waals surface area contributed by atoms with Crippen molar-refractivity contribution < 1.29 is 23.9 Å². The summed E-state index contributed by atoms with van der Waals surface area (Å²) >= 11 is 0. The summed E-state index contributed by atoms with van der Waals surface area (Å²) in [6.07, 6.45) is 0.